The number of phenols is 4. The van der Waals surface area contributed by atoms with Gasteiger partial charge < -0.3 is 25.2 Å². The van der Waals surface area contributed by atoms with Gasteiger partial charge in [0.2, 0.25) is 5.78 Å². The number of phenolic OH excluding ortho intramolecular Hbond substituents is 4. The Balaban J connectivity index is 2.05. The fraction of sp³-hybridized carbons (Fsp3) is 0.0625. The molecule has 112 valence electrons. The van der Waals surface area contributed by atoms with E-state index >= 15 is 0 Å². The highest BCUT2D eigenvalue weighted by molar-refractivity contribution is 6.16. The van der Waals surface area contributed by atoms with Gasteiger partial charge >= 0.3 is 0 Å². The lowest BCUT2D eigenvalue weighted by Crippen LogP contribution is -1.98. The largest absolute Gasteiger partial charge is 0.507 e. The molecule has 2 aromatic rings. The second kappa shape index (κ2) is 4.70. The van der Waals surface area contributed by atoms with Crippen LogP contribution in [0.4, 0.5) is 0 Å². The molecule has 22 heavy (non-hydrogen) atoms. The number of ether oxygens (including phenoxy) is 1. The van der Waals surface area contributed by atoms with E-state index in [-0.39, 0.29) is 28.4 Å². The van der Waals surface area contributed by atoms with Crippen LogP contribution in [0, 0.1) is 6.92 Å². The van der Waals surface area contributed by atoms with Crippen LogP contribution in [0.25, 0.3) is 6.08 Å². The van der Waals surface area contributed by atoms with E-state index in [0.29, 0.717) is 0 Å². The zero-order valence-corrected chi connectivity index (χ0v) is 11.5. The molecule has 2 aromatic carbocycles. The number of aryl methyl sites for hydroxylation is 1. The van der Waals surface area contributed by atoms with E-state index in [1.165, 1.54) is 24.3 Å². The van der Waals surface area contributed by atoms with Gasteiger partial charge in [-0.2, -0.15) is 0 Å². The first kappa shape index (κ1) is 13.8. The summed E-state index contributed by atoms with van der Waals surface area (Å²) in [4.78, 5) is 12.2. The summed E-state index contributed by atoms with van der Waals surface area (Å²) < 4.78 is 5.42. The molecule has 1 aliphatic heterocycles. The van der Waals surface area contributed by atoms with Crippen LogP contribution in [-0.2, 0) is 0 Å². The average Bonchev–Trinajstić information content (AvgIpc) is 2.72. The standard InChI is InChI=1S/C16H12O6/c1-7-2-9(17)14-12(3-7)22-13(16(14)21)6-8-4-10(18)15(20)11(19)5-8/h2-6,17-20H,1H3/b13-6-. The summed E-state index contributed by atoms with van der Waals surface area (Å²) in [5.74, 6) is -2.15. The highest BCUT2D eigenvalue weighted by Crippen LogP contribution is 2.40. The lowest BCUT2D eigenvalue weighted by atomic mass is 10.1. The van der Waals surface area contributed by atoms with E-state index in [2.05, 4.69) is 0 Å². The first-order chi connectivity index (χ1) is 10.4. The molecule has 1 aliphatic rings. The lowest BCUT2D eigenvalue weighted by molar-refractivity contribution is 0.101. The normalized spacial score (nSPS) is 15.0. The predicted molar refractivity (Wildman–Crippen MR) is 77.2 cm³/mol. The Bertz CT molecular complexity index is 812. The number of carbonyl (C=O) groups is 1. The van der Waals surface area contributed by atoms with Crippen molar-refractivity contribution in [3.8, 4) is 28.7 Å². The Morgan fingerprint density at radius 1 is 0.955 bits per heavy atom. The number of hydrogen-bond donors (Lipinski definition) is 4. The minimum Gasteiger partial charge on any atom is -0.507 e. The molecular formula is C16H12O6. The second-order valence-electron chi connectivity index (χ2n) is 5.00. The van der Waals surface area contributed by atoms with Crippen LogP contribution in [0.5, 0.6) is 28.7 Å². The van der Waals surface area contributed by atoms with Gasteiger partial charge in [-0.05, 0) is 48.4 Å². The summed E-state index contributed by atoms with van der Waals surface area (Å²) >= 11 is 0. The molecule has 0 aromatic heterocycles. The van der Waals surface area contributed by atoms with Gasteiger partial charge in [-0.1, -0.05) is 0 Å². The van der Waals surface area contributed by atoms with Crippen LogP contribution in [0.15, 0.2) is 30.0 Å². The summed E-state index contributed by atoms with van der Waals surface area (Å²) in [6, 6.07) is 5.43. The Kier molecular flexibility index (Phi) is 2.95. The van der Waals surface area contributed by atoms with Crippen LogP contribution in [0.3, 0.4) is 0 Å². The maximum Gasteiger partial charge on any atom is 0.235 e. The number of rotatable bonds is 1. The number of benzene rings is 2. The Morgan fingerprint density at radius 2 is 1.59 bits per heavy atom. The number of carbonyl (C=O) groups excluding carboxylic acids is 1. The van der Waals surface area contributed by atoms with Crippen molar-refractivity contribution >= 4 is 11.9 Å². The maximum atomic E-state index is 12.2. The Hall–Kier alpha value is -3.15. The third-order valence-corrected chi connectivity index (χ3v) is 3.29. The monoisotopic (exact) mass is 300 g/mol. The third-order valence-electron chi connectivity index (χ3n) is 3.29. The smallest absolute Gasteiger partial charge is 0.235 e. The SMILES string of the molecule is Cc1cc(O)c2c(c1)O/C(=C\c1cc(O)c(O)c(O)c1)C2=O. The van der Waals surface area contributed by atoms with Crippen LogP contribution < -0.4 is 4.74 Å². The van der Waals surface area contributed by atoms with E-state index in [1.54, 1.807) is 13.0 Å². The van der Waals surface area contributed by atoms with Crippen molar-refractivity contribution < 1.29 is 30.0 Å². The lowest BCUT2D eigenvalue weighted by Gasteiger charge is -2.03. The topological polar surface area (TPSA) is 107 Å². The molecular weight excluding hydrogens is 288 g/mol. The maximum absolute atomic E-state index is 12.2. The average molecular weight is 300 g/mol. The fourth-order valence-corrected chi connectivity index (χ4v) is 2.29. The van der Waals surface area contributed by atoms with Crippen LogP contribution in [0.2, 0.25) is 0 Å². The molecule has 0 radical (unpaired) electrons. The van der Waals surface area contributed by atoms with Gasteiger partial charge in [-0.25, -0.2) is 0 Å². The van der Waals surface area contributed by atoms with Gasteiger partial charge in [0.05, 0.1) is 0 Å². The molecule has 0 saturated carbocycles. The summed E-state index contributed by atoms with van der Waals surface area (Å²) in [6.07, 6.45) is 1.30. The molecule has 0 amide bonds. The number of fused-ring (bicyclic) bond motifs is 1. The van der Waals surface area contributed by atoms with Gasteiger partial charge in [0, 0.05) is 0 Å². The van der Waals surface area contributed by atoms with Gasteiger partial charge in [-0.15, -0.1) is 0 Å². The number of Topliss-reactive ketones (excluding diaryl/α,β-unsaturated/α-hetero) is 1. The molecule has 0 spiro atoms. The first-order valence-corrected chi connectivity index (χ1v) is 6.39. The van der Waals surface area contributed by atoms with Crippen molar-refractivity contribution in [3.63, 3.8) is 0 Å². The van der Waals surface area contributed by atoms with Crippen molar-refractivity contribution in [2.45, 2.75) is 6.92 Å². The zero-order valence-electron chi connectivity index (χ0n) is 11.5. The van der Waals surface area contributed by atoms with Crippen molar-refractivity contribution in [3.05, 3.63) is 46.7 Å². The molecule has 0 atom stereocenters. The minimum absolute atomic E-state index is 0.0552. The molecule has 6 nitrogen and oxygen atoms in total. The molecule has 1 heterocycles. The number of allylic oxidation sites excluding steroid dienone is 1. The van der Waals surface area contributed by atoms with E-state index in [4.69, 9.17) is 4.74 Å². The van der Waals surface area contributed by atoms with E-state index < -0.39 is 23.0 Å². The van der Waals surface area contributed by atoms with E-state index in [1.807, 2.05) is 0 Å². The summed E-state index contributed by atoms with van der Waals surface area (Å²) in [5, 5.41) is 38.1. The summed E-state index contributed by atoms with van der Waals surface area (Å²) in [6.45, 7) is 1.76. The minimum atomic E-state index is -0.641. The number of hydrogen-bond acceptors (Lipinski definition) is 6. The molecule has 0 aliphatic carbocycles. The number of ketones is 1. The highest BCUT2D eigenvalue weighted by Gasteiger charge is 2.30. The van der Waals surface area contributed by atoms with Gasteiger partial charge in [0.15, 0.2) is 23.0 Å². The quantitative estimate of drug-likeness (QED) is 0.476. The van der Waals surface area contributed by atoms with Crippen molar-refractivity contribution in [2.75, 3.05) is 0 Å². The van der Waals surface area contributed by atoms with Crippen LogP contribution in [-0.4, -0.2) is 26.2 Å². The van der Waals surface area contributed by atoms with Crippen LogP contribution >= 0.6 is 0 Å². The van der Waals surface area contributed by atoms with Crippen molar-refractivity contribution in [2.24, 2.45) is 0 Å². The van der Waals surface area contributed by atoms with Gasteiger partial charge in [-0.3, -0.25) is 4.79 Å². The molecule has 3 rings (SSSR count). The Labute approximate surface area is 125 Å². The van der Waals surface area contributed by atoms with E-state index in [9.17, 15) is 25.2 Å². The Morgan fingerprint density at radius 3 is 2.23 bits per heavy atom. The first-order valence-electron chi connectivity index (χ1n) is 6.39. The molecule has 0 bridgehead atoms. The molecule has 0 unspecified atom stereocenters. The predicted octanol–water partition coefficient (Wildman–Crippen LogP) is 2.43. The summed E-state index contributed by atoms with van der Waals surface area (Å²) in [5.41, 5.74) is 1.08. The highest BCUT2D eigenvalue weighted by atomic mass is 16.5. The van der Waals surface area contributed by atoms with Crippen molar-refractivity contribution in [1.82, 2.24) is 0 Å². The fourth-order valence-electron chi connectivity index (χ4n) is 2.29. The molecule has 0 fully saturated rings. The zero-order chi connectivity index (χ0) is 16.0. The molecule has 4 N–H and O–H groups in total. The molecule has 6 heteroatoms. The number of aromatic hydroxyl groups is 4. The van der Waals surface area contributed by atoms with E-state index in [0.717, 1.165) is 5.56 Å². The second-order valence-corrected chi connectivity index (χ2v) is 5.00. The van der Waals surface area contributed by atoms with Crippen LogP contribution in [0.1, 0.15) is 21.5 Å². The summed E-state index contributed by atoms with van der Waals surface area (Å²) in [7, 11) is 0. The molecule has 0 saturated heterocycles. The van der Waals surface area contributed by atoms with Crippen molar-refractivity contribution in [1.29, 1.82) is 0 Å². The third kappa shape index (κ3) is 2.10. The van der Waals surface area contributed by atoms with Gasteiger partial charge in [0.1, 0.15) is 17.1 Å². The van der Waals surface area contributed by atoms with Gasteiger partial charge in [0.25, 0.3) is 0 Å².